The van der Waals surface area contributed by atoms with Crippen LogP contribution in [0.25, 0.3) is 0 Å². The zero-order valence-corrected chi connectivity index (χ0v) is 11.4. The van der Waals surface area contributed by atoms with Crippen LogP contribution < -0.4 is 0 Å². The van der Waals surface area contributed by atoms with E-state index >= 15 is 0 Å². The molecule has 0 aliphatic heterocycles. The second kappa shape index (κ2) is 9.42. The molecule has 0 amide bonds. The van der Waals surface area contributed by atoms with Crippen molar-refractivity contribution in [1.29, 1.82) is 0 Å². The van der Waals surface area contributed by atoms with Crippen molar-refractivity contribution in [2.24, 2.45) is 11.8 Å². The lowest BCUT2D eigenvalue weighted by Gasteiger charge is -2.24. The van der Waals surface area contributed by atoms with E-state index in [0.29, 0.717) is 5.92 Å². The molecule has 1 atom stereocenters. The van der Waals surface area contributed by atoms with Gasteiger partial charge in [-0.05, 0) is 32.9 Å². The van der Waals surface area contributed by atoms with E-state index in [4.69, 9.17) is 10.2 Å². The molecular formula is C13H27NO3. The molecule has 1 unspecified atom stereocenters. The minimum absolute atomic E-state index is 0.129. The van der Waals surface area contributed by atoms with E-state index in [2.05, 4.69) is 0 Å². The summed E-state index contributed by atoms with van der Waals surface area (Å²) in [6.45, 7) is 2.85. The van der Waals surface area contributed by atoms with Gasteiger partial charge in [0.15, 0.2) is 0 Å². The van der Waals surface area contributed by atoms with Crippen molar-refractivity contribution in [2.45, 2.75) is 39.0 Å². The molecule has 0 spiro atoms. The van der Waals surface area contributed by atoms with Crippen LogP contribution in [0.2, 0.25) is 0 Å². The molecule has 1 aliphatic carbocycles. The van der Waals surface area contributed by atoms with Crippen LogP contribution in [0.5, 0.6) is 0 Å². The summed E-state index contributed by atoms with van der Waals surface area (Å²) >= 11 is 0. The molecule has 0 radical (unpaired) electrons. The number of carbonyl (C=O) groups is 1. The summed E-state index contributed by atoms with van der Waals surface area (Å²) in [5.74, 6) is -0.312. The Hall–Kier alpha value is -0.610. The lowest BCUT2D eigenvalue weighted by Crippen LogP contribution is -2.22. The van der Waals surface area contributed by atoms with Crippen molar-refractivity contribution < 1.29 is 15.0 Å². The monoisotopic (exact) mass is 245 g/mol. The maximum absolute atomic E-state index is 10.6. The highest BCUT2D eigenvalue weighted by Crippen LogP contribution is 2.29. The first-order valence-electron chi connectivity index (χ1n) is 6.47. The van der Waals surface area contributed by atoms with E-state index in [9.17, 15) is 4.79 Å². The topological polar surface area (TPSA) is 60.8 Å². The van der Waals surface area contributed by atoms with Crippen molar-refractivity contribution in [3.8, 4) is 0 Å². The summed E-state index contributed by atoms with van der Waals surface area (Å²) in [5.41, 5.74) is 0. The average Bonchev–Trinajstić information content (AvgIpc) is 2.29. The third-order valence-electron chi connectivity index (χ3n) is 3.29. The van der Waals surface area contributed by atoms with Gasteiger partial charge >= 0.3 is 5.97 Å². The quantitative estimate of drug-likeness (QED) is 0.793. The molecule has 0 aromatic rings. The molecular weight excluding hydrogens is 218 g/mol. The first-order valence-corrected chi connectivity index (χ1v) is 6.47. The van der Waals surface area contributed by atoms with Gasteiger partial charge in [0, 0.05) is 6.54 Å². The molecule has 0 bridgehead atoms. The summed E-state index contributed by atoms with van der Waals surface area (Å²) in [6, 6.07) is 0. The van der Waals surface area contributed by atoms with Crippen LogP contribution in [0.4, 0.5) is 0 Å². The van der Waals surface area contributed by atoms with Gasteiger partial charge in [-0.2, -0.15) is 0 Å². The lowest BCUT2D eigenvalue weighted by atomic mass is 9.81. The number of hydrogen-bond donors (Lipinski definition) is 2. The Morgan fingerprint density at radius 2 is 1.82 bits per heavy atom. The van der Waals surface area contributed by atoms with Crippen LogP contribution in [0.1, 0.15) is 39.0 Å². The maximum Gasteiger partial charge on any atom is 0.306 e. The van der Waals surface area contributed by atoms with E-state index in [1.165, 1.54) is 19.3 Å². The van der Waals surface area contributed by atoms with E-state index in [1.807, 2.05) is 25.9 Å². The van der Waals surface area contributed by atoms with E-state index in [-0.39, 0.29) is 12.5 Å². The molecule has 1 rings (SSSR count). The highest BCUT2D eigenvalue weighted by molar-refractivity contribution is 5.69. The first kappa shape index (κ1) is 16.4. The Kier molecular flexibility index (Phi) is 9.09. The highest BCUT2D eigenvalue weighted by atomic mass is 16.4. The molecule has 1 fully saturated rings. The smallest absolute Gasteiger partial charge is 0.306 e. The van der Waals surface area contributed by atoms with Gasteiger partial charge in [-0.1, -0.05) is 26.2 Å². The highest BCUT2D eigenvalue weighted by Gasteiger charge is 2.24. The van der Waals surface area contributed by atoms with Crippen LogP contribution in [-0.4, -0.2) is 48.3 Å². The maximum atomic E-state index is 10.6. The Morgan fingerprint density at radius 1 is 1.29 bits per heavy atom. The summed E-state index contributed by atoms with van der Waals surface area (Å²) in [6.07, 6.45) is 5.98. The van der Waals surface area contributed by atoms with E-state index < -0.39 is 5.97 Å². The SMILES string of the molecule is CC(C(=O)O)C1CCCCC1.CN(C)CCO. The minimum Gasteiger partial charge on any atom is -0.481 e. The molecule has 1 aliphatic rings. The minimum atomic E-state index is -0.628. The Morgan fingerprint density at radius 3 is 2.12 bits per heavy atom. The standard InChI is InChI=1S/C9H16O2.C4H11NO/c1-7(9(10)11)8-5-3-2-4-6-8;1-5(2)3-4-6/h7-8H,2-6H2,1H3,(H,10,11);6H,3-4H2,1-2H3. The Labute approximate surface area is 105 Å². The third-order valence-corrected chi connectivity index (χ3v) is 3.29. The van der Waals surface area contributed by atoms with Gasteiger partial charge in [0.2, 0.25) is 0 Å². The number of rotatable bonds is 4. The molecule has 17 heavy (non-hydrogen) atoms. The predicted octanol–water partition coefficient (Wildman–Crippen LogP) is 1.83. The van der Waals surface area contributed by atoms with Crippen LogP contribution in [-0.2, 0) is 4.79 Å². The van der Waals surface area contributed by atoms with Crippen molar-refractivity contribution in [2.75, 3.05) is 27.2 Å². The molecule has 102 valence electrons. The normalized spacial score (nSPS) is 18.4. The average molecular weight is 245 g/mol. The number of aliphatic hydroxyl groups is 1. The van der Waals surface area contributed by atoms with Gasteiger partial charge in [0.25, 0.3) is 0 Å². The van der Waals surface area contributed by atoms with Crippen LogP contribution in [0.3, 0.4) is 0 Å². The Bertz CT molecular complexity index is 201. The van der Waals surface area contributed by atoms with Crippen molar-refractivity contribution in [3.63, 3.8) is 0 Å². The number of nitrogens with zero attached hydrogens (tertiary/aromatic N) is 1. The number of carboxylic acids is 1. The van der Waals surface area contributed by atoms with E-state index in [1.54, 1.807) is 0 Å². The zero-order valence-electron chi connectivity index (χ0n) is 11.4. The zero-order chi connectivity index (χ0) is 13.3. The fourth-order valence-electron chi connectivity index (χ4n) is 2.04. The second-order valence-corrected chi connectivity index (χ2v) is 5.05. The molecule has 0 heterocycles. The predicted molar refractivity (Wildman–Crippen MR) is 69.0 cm³/mol. The molecule has 1 saturated carbocycles. The second-order valence-electron chi connectivity index (χ2n) is 5.05. The number of carboxylic acid groups (broad SMARTS) is 1. The molecule has 0 aromatic carbocycles. The molecule has 2 N–H and O–H groups in total. The third kappa shape index (κ3) is 8.16. The first-order chi connectivity index (χ1) is 7.99. The van der Waals surface area contributed by atoms with Crippen molar-refractivity contribution in [1.82, 2.24) is 4.90 Å². The number of aliphatic hydroxyl groups excluding tert-OH is 1. The van der Waals surface area contributed by atoms with Gasteiger partial charge in [-0.25, -0.2) is 0 Å². The van der Waals surface area contributed by atoms with Gasteiger partial charge in [0.1, 0.15) is 0 Å². The lowest BCUT2D eigenvalue weighted by molar-refractivity contribution is -0.143. The van der Waals surface area contributed by atoms with Crippen LogP contribution >= 0.6 is 0 Å². The molecule has 0 saturated heterocycles. The summed E-state index contributed by atoms with van der Waals surface area (Å²) in [7, 11) is 3.85. The van der Waals surface area contributed by atoms with Gasteiger partial charge in [-0.15, -0.1) is 0 Å². The molecule has 4 nitrogen and oxygen atoms in total. The molecule has 4 heteroatoms. The summed E-state index contributed by atoms with van der Waals surface area (Å²) < 4.78 is 0. The summed E-state index contributed by atoms with van der Waals surface area (Å²) in [5, 5.41) is 16.9. The van der Waals surface area contributed by atoms with E-state index in [0.717, 1.165) is 19.4 Å². The summed E-state index contributed by atoms with van der Waals surface area (Å²) in [4.78, 5) is 12.5. The van der Waals surface area contributed by atoms with Crippen LogP contribution in [0.15, 0.2) is 0 Å². The van der Waals surface area contributed by atoms with Crippen LogP contribution in [0, 0.1) is 11.8 Å². The fourth-order valence-corrected chi connectivity index (χ4v) is 2.04. The fraction of sp³-hybridized carbons (Fsp3) is 0.923. The van der Waals surface area contributed by atoms with Gasteiger partial charge in [0.05, 0.1) is 12.5 Å². The largest absolute Gasteiger partial charge is 0.481 e. The molecule has 0 aromatic heterocycles. The number of aliphatic carboxylic acids is 1. The van der Waals surface area contributed by atoms with Crippen molar-refractivity contribution in [3.05, 3.63) is 0 Å². The van der Waals surface area contributed by atoms with Gasteiger partial charge in [-0.3, -0.25) is 4.79 Å². The Balaban J connectivity index is 0.000000366. The van der Waals surface area contributed by atoms with Gasteiger partial charge < -0.3 is 15.1 Å². The van der Waals surface area contributed by atoms with Crippen molar-refractivity contribution >= 4 is 5.97 Å². The number of hydrogen-bond acceptors (Lipinski definition) is 3. The number of likely N-dealkylation sites (N-methyl/N-ethyl adjacent to an activating group) is 1.